The average Bonchev–Trinajstić information content (AvgIpc) is 3.92. The Morgan fingerprint density at radius 3 is 1.49 bits per heavy atom. The smallest absolute Gasteiger partial charge is 0.363 e. The third-order valence-electron chi connectivity index (χ3n) is 11.7. The first-order valence-corrected chi connectivity index (χ1v) is 23.9. The lowest BCUT2D eigenvalue weighted by atomic mass is 9.89. The molecule has 80 heavy (non-hydrogen) atoms. The number of rotatable bonds is 14. The van der Waals surface area contributed by atoms with Gasteiger partial charge in [0, 0.05) is 93.4 Å². The fourth-order valence-corrected chi connectivity index (χ4v) is 8.04. The lowest BCUT2D eigenvalue weighted by Gasteiger charge is -2.18. The highest BCUT2D eigenvalue weighted by molar-refractivity contribution is 6.11. The molecule has 4 aromatic rings. The Morgan fingerprint density at radius 1 is 0.588 bits per heavy atom. The maximum absolute atomic E-state index is 12.8. The second-order valence-corrected chi connectivity index (χ2v) is 17.6. The number of ether oxygens (including phenoxy) is 2. The van der Waals surface area contributed by atoms with Gasteiger partial charge in [-0.1, -0.05) is 13.2 Å². The topological polar surface area (TPSA) is 347 Å². The number of fused-ring (bicyclic) bond motifs is 4. The van der Waals surface area contributed by atoms with Crippen LogP contribution in [0, 0.1) is 0 Å². The van der Waals surface area contributed by atoms with E-state index in [4.69, 9.17) is 24.1 Å². The Kier molecular flexibility index (Phi) is 17.5. The van der Waals surface area contributed by atoms with E-state index in [9.17, 15) is 68.4 Å². The zero-order valence-electron chi connectivity index (χ0n) is 42.5. The number of aromatic carboxylic acids is 2. The van der Waals surface area contributed by atoms with Crippen molar-refractivity contribution in [3.05, 3.63) is 176 Å². The van der Waals surface area contributed by atoms with Crippen LogP contribution in [0.15, 0.2) is 152 Å². The number of nitrogens with two attached hydrogens (primary N) is 1. The number of hydrogen-bond acceptors (Lipinski definition) is 18. The first-order valence-electron chi connectivity index (χ1n) is 23.9. The monoisotopic (exact) mass is 1090 g/mol. The molecule has 0 bridgehead atoms. The molecule has 0 radical (unpaired) electrons. The summed E-state index contributed by atoms with van der Waals surface area (Å²) < 4.78 is 21.1. The number of carboxylic acids is 2. The molecular weight excluding hydrogens is 1040 g/mol. The van der Waals surface area contributed by atoms with E-state index >= 15 is 0 Å². The molecule has 22 nitrogen and oxygen atoms in total. The molecule has 5 aliphatic rings. The Balaban J connectivity index is 0.000000201. The number of amides is 3. The van der Waals surface area contributed by atoms with Crippen molar-refractivity contribution in [1.29, 1.82) is 0 Å². The van der Waals surface area contributed by atoms with Crippen LogP contribution in [-0.2, 0) is 33.5 Å². The third kappa shape index (κ3) is 12.9. The number of carboxylic acid groups (broad SMARTS) is 2. The molecule has 7 N–H and O–H groups in total. The van der Waals surface area contributed by atoms with E-state index in [1.807, 2.05) is 0 Å². The van der Waals surface area contributed by atoms with Gasteiger partial charge in [-0.05, 0) is 110 Å². The predicted molar refractivity (Wildman–Crippen MR) is 286 cm³/mol. The van der Waals surface area contributed by atoms with Crippen LogP contribution in [0.1, 0.15) is 68.1 Å². The van der Waals surface area contributed by atoms with Crippen LogP contribution in [-0.4, -0.2) is 99.4 Å². The highest BCUT2D eigenvalue weighted by Gasteiger charge is 2.34. The van der Waals surface area contributed by atoms with E-state index in [0.29, 0.717) is 50.2 Å². The summed E-state index contributed by atoms with van der Waals surface area (Å²) in [4.78, 5) is 124. The summed E-state index contributed by atoms with van der Waals surface area (Å²) in [7, 11) is 0. The molecule has 0 atom stereocenters. The van der Waals surface area contributed by atoms with Crippen molar-refractivity contribution >= 4 is 69.5 Å². The van der Waals surface area contributed by atoms with Gasteiger partial charge in [-0.3, -0.25) is 24.0 Å². The average molecular weight is 1090 g/mol. The molecule has 1 saturated heterocycles. The number of carbonyl (C=O) groups is 8. The molecule has 0 saturated carbocycles. The summed E-state index contributed by atoms with van der Waals surface area (Å²) in [6.45, 7) is 10.6. The highest BCUT2D eigenvalue weighted by Crippen LogP contribution is 2.44. The van der Waals surface area contributed by atoms with E-state index in [0.717, 1.165) is 0 Å². The van der Waals surface area contributed by atoms with Gasteiger partial charge in [-0.15, -0.1) is 5.06 Å². The number of phenolic OH excluding ortho intramolecular Hbond substituents is 2. The molecule has 3 aliphatic heterocycles. The Bertz CT molecular complexity index is 3910. The second kappa shape index (κ2) is 24.5. The van der Waals surface area contributed by atoms with Crippen molar-refractivity contribution in [2.24, 2.45) is 5.73 Å². The van der Waals surface area contributed by atoms with E-state index < -0.39 is 41.6 Å². The number of hydroxylamine groups is 2. The quantitative estimate of drug-likeness (QED) is 0.0208. The molecule has 22 heteroatoms. The van der Waals surface area contributed by atoms with Crippen molar-refractivity contribution < 1.29 is 81.9 Å². The summed E-state index contributed by atoms with van der Waals surface area (Å²) >= 11 is 0. The van der Waals surface area contributed by atoms with Crippen molar-refractivity contribution in [2.45, 2.75) is 26.7 Å². The van der Waals surface area contributed by atoms with Crippen molar-refractivity contribution in [2.75, 3.05) is 26.3 Å². The molecule has 408 valence electrons. The van der Waals surface area contributed by atoms with Crippen molar-refractivity contribution in [1.82, 2.24) is 10.4 Å². The van der Waals surface area contributed by atoms with Crippen LogP contribution in [0.25, 0.3) is 66.8 Å². The molecule has 4 aromatic carbocycles. The van der Waals surface area contributed by atoms with Crippen molar-refractivity contribution in [3.63, 3.8) is 0 Å². The van der Waals surface area contributed by atoms with Gasteiger partial charge in [-0.25, -0.2) is 24.0 Å². The summed E-state index contributed by atoms with van der Waals surface area (Å²) in [6.07, 6.45) is -0.148. The Morgan fingerprint density at radius 2 is 1.04 bits per heavy atom. The summed E-state index contributed by atoms with van der Waals surface area (Å²) in [5, 5.41) is 43.5. The number of aromatic hydroxyl groups is 2. The summed E-state index contributed by atoms with van der Waals surface area (Å²) in [6, 6.07) is 24.5. The van der Waals surface area contributed by atoms with Crippen molar-refractivity contribution in [3.8, 4) is 56.4 Å². The van der Waals surface area contributed by atoms with Gasteiger partial charge in [0.2, 0.25) is 0 Å². The first-order chi connectivity index (χ1) is 38.1. The van der Waals surface area contributed by atoms with Crippen LogP contribution in [0.4, 0.5) is 0 Å². The highest BCUT2D eigenvalue weighted by atomic mass is 16.7. The minimum Gasteiger partial charge on any atom is -0.508 e. The number of benzene rings is 6. The summed E-state index contributed by atoms with van der Waals surface area (Å²) in [5.41, 5.74) is 7.21. The minimum atomic E-state index is -1.29. The number of carbonyl (C=O) groups excluding carboxylic acids is 6. The van der Waals surface area contributed by atoms with Crippen LogP contribution in [0.3, 0.4) is 0 Å². The molecule has 1 fully saturated rings. The van der Waals surface area contributed by atoms with Gasteiger partial charge < -0.3 is 54.6 Å². The number of nitrogens with one attached hydrogen (secondary N) is 1. The van der Waals surface area contributed by atoms with Gasteiger partial charge in [0.25, 0.3) is 17.7 Å². The van der Waals surface area contributed by atoms with Crippen LogP contribution in [0.2, 0.25) is 0 Å². The van der Waals surface area contributed by atoms with E-state index in [2.05, 4.69) is 23.2 Å². The lowest BCUT2D eigenvalue weighted by Crippen LogP contribution is -2.32. The number of nitrogens with zero attached hydrogens (tertiary/aromatic N) is 1. The Labute approximate surface area is 451 Å². The van der Waals surface area contributed by atoms with E-state index in [-0.39, 0.29) is 123 Å². The predicted octanol–water partition coefficient (Wildman–Crippen LogP) is 7.07. The minimum absolute atomic E-state index is 0.0372. The third-order valence-corrected chi connectivity index (χ3v) is 11.7. The molecule has 9 rings (SSSR count). The van der Waals surface area contributed by atoms with Crippen LogP contribution in [0.5, 0.6) is 11.5 Å². The first kappa shape index (κ1) is 57.0. The van der Waals surface area contributed by atoms with Crippen LogP contribution >= 0.6 is 0 Å². The van der Waals surface area contributed by atoms with Gasteiger partial charge in [-0.2, -0.15) is 0 Å². The fraction of sp³-hybridized carbons (Fsp3) is 0.138. The fourth-order valence-electron chi connectivity index (χ4n) is 8.04. The van der Waals surface area contributed by atoms with Gasteiger partial charge in [0.1, 0.15) is 47.4 Å². The molecule has 0 aromatic heterocycles. The van der Waals surface area contributed by atoms with Gasteiger partial charge in [0.15, 0.2) is 10.9 Å². The standard InChI is InChI=1S/C27H21NO8.C25H15NO9.C6H11NO2/c1-14(2)27(34)35-10-9-28-25(31)15-3-6-18(26(32)33)21(11-15)24-19-7-4-16(29)12-22(19)36-23-13-17(30)5-8-20(23)24;27-13-2-5-16-19(10-13)34-20-11-14(28)3-6-17(20)23(16)18-9-12(1-4-15(18)24(31)32)25(33)35-26-21(29)7-8-22(26)30;1-5(2)6(8)9-4-3-7/h3-8,11-13,29H,1,9-10H2,2H3,(H,28,31)(H,32,33);1-6,9-11,27H,7-8H2,(H,31,32);1,3-4,7H2,2H3. The maximum atomic E-state index is 12.8. The molecule has 0 spiro atoms. The van der Waals surface area contributed by atoms with Gasteiger partial charge >= 0.3 is 29.8 Å². The van der Waals surface area contributed by atoms with Crippen LogP contribution < -0.4 is 21.9 Å². The molecule has 3 amide bonds. The molecular formula is C58H47N3O19. The molecule has 0 unspecified atom stereocenters. The zero-order chi connectivity index (χ0) is 58.1. The van der Waals surface area contributed by atoms with E-state index in [1.165, 1.54) is 110 Å². The SMILES string of the molecule is C=C(C)C(=O)OCCN.C=C(C)C(=O)OCCNC(=O)c1ccc(C(=O)O)c(-c2c3ccc(=O)cc-3oc3cc(O)ccc23)c1.O=C(ON1C(=O)CCC1=O)c1ccc(C(=O)O)c(-c2c3ccc(=O)cc-3oc3cc(O)ccc23)c1. The number of hydrogen-bond donors (Lipinski definition) is 6. The summed E-state index contributed by atoms with van der Waals surface area (Å²) in [5.74, 6) is -6.14. The number of esters is 2. The van der Waals surface area contributed by atoms with E-state index in [1.54, 1.807) is 13.0 Å². The zero-order valence-corrected chi connectivity index (χ0v) is 42.5. The lowest BCUT2D eigenvalue weighted by molar-refractivity contribution is -0.172. The number of phenols is 2. The normalized spacial score (nSPS) is 11.8. The molecule has 2 aliphatic carbocycles. The Hall–Kier alpha value is -10.7. The maximum Gasteiger partial charge on any atom is 0.363 e. The largest absolute Gasteiger partial charge is 0.508 e. The number of imide groups is 1. The molecule has 3 heterocycles. The van der Waals surface area contributed by atoms with Gasteiger partial charge in [0.05, 0.1) is 23.2 Å². The second-order valence-electron chi connectivity index (χ2n) is 17.6.